The second-order valence-electron chi connectivity index (χ2n) is 5.89. The van der Waals surface area contributed by atoms with Crippen molar-refractivity contribution in [3.05, 3.63) is 33.8 Å². The van der Waals surface area contributed by atoms with Gasteiger partial charge in [0.05, 0.1) is 12.0 Å². The standard InChI is InChI=1S/C16H20Cl2N2O4/c17-11-2-1-3-12(18)14(11)13(21)8-19-16(24)20-10-6-4-9(5-7-10)15(22)23/h1-3,9-10,13,21H,4-8H2,(H,22,23)(H2,19,20,24). The Labute approximate surface area is 150 Å². The third kappa shape index (κ3) is 5.00. The molecule has 0 radical (unpaired) electrons. The number of hydrogen-bond acceptors (Lipinski definition) is 3. The molecule has 1 aliphatic rings. The highest BCUT2D eigenvalue weighted by Gasteiger charge is 2.26. The van der Waals surface area contributed by atoms with Crippen LogP contribution >= 0.6 is 23.2 Å². The van der Waals surface area contributed by atoms with Crippen molar-refractivity contribution in [2.45, 2.75) is 37.8 Å². The lowest BCUT2D eigenvalue weighted by atomic mass is 9.86. The Hall–Kier alpha value is -1.50. The maximum absolute atomic E-state index is 11.9. The number of rotatable bonds is 5. The van der Waals surface area contributed by atoms with Crippen molar-refractivity contribution in [2.75, 3.05) is 6.54 Å². The zero-order valence-corrected chi connectivity index (χ0v) is 14.5. The number of amides is 2. The Kier molecular flexibility index (Phi) is 6.71. The summed E-state index contributed by atoms with van der Waals surface area (Å²) < 4.78 is 0. The van der Waals surface area contributed by atoms with Crippen LogP contribution in [0.3, 0.4) is 0 Å². The van der Waals surface area contributed by atoms with Crippen LogP contribution in [-0.4, -0.2) is 34.8 Å². The van der Waals surface area contributed by atoms with E-state index in [0.717, 1.165) is 0 Å². The maximum Gasteiger partial charge on any atom is 0.315 e. The first kappa shape index (κ1) is 18.8. The number of hydrogen-bond donors (Lipinski definition) is 4. The topological polar surface area (TPSA) is 98.7 Å². The molecule has 1 aromatic carbocycles. The van der Waals surface area contributed by atoms with Crippen molar-refractivity contribution in [1.29, 1.82) is 0 Å². The summed E-state index contributed by atoms with van der Waals surface area (Å²) in [6, 6.07) is 4.45. The molecule has 2 rings (SSSR count). The van der Waals surface area contributed by atoms with Gasteiger partial charge in [0.1, 0.15) is 0 Å². The van der Waals surface area contributed by atoms with Gasteiger partial charge in [-0.3, -0.25) is 4.79 Å². The molecule has 4 N–H and O–H groups in total. The summed E-state index contributed by atoms with van der Waals surface area (Å²) in [6.45, 7) is -0.0280. The minimum atomic E-state index is -1.01. The maximum atomic E-state index is 11.9. The van der Waals surface area contributed by atoms with Gasteiger partial charge >= 0.3 is 12.0 Å². The van der Waals surface area contributed by atoms with Crippen molar-refractivity contribution < 1.29 is 19.8 Å². The number of carboxylic acid groups (broad SMARTS) is 1. The molecule has 1 saturated carbocycles. The molecule has 6 nitrogen and oxygen atoms in total. The summed E-state index contributed by atoms with van der Waals surface area (Å²) in [4.78, 5) is 22.8. The average molecular weight is 375 g/mol. The number of carboxylic acids is 1. The van der Waals surface area contributed by atoms with Gasteiger partial charge in [-0.05, 0) is 37.8 Å². The Bertz CT molecular complexity index is 583. The molecule has 0 spiro atoms. The van der Waals surface area contributed by atoms with Crippen LogP contribution in [0.2, 0.25) is 10.0 Å². The third-order valence-corrected chi connectivity index (χ3v) is 4.86. The van der Waals surface area contributed by atoms with Gasteiger partial charge in [-0.2, -0.15) is 0 Å². The van der Waals surface area contributed by atoms with Crippen LogP contribution in [0, 0.1) is 5.92 Å². The SMILES string of the molecule is O=C(NCC(O)c1c(Cl)cccc1Cl)NC1CCC(C(=O)O)CC1. The fourth-order valence-corrected chi connectivity index (χ4v) is 3.49. The van der Waals surface area contributed by atoms with Crippen molar-refractivity contribution in [3.8, 4) is 0 Å². The number of aliphatic hydroxyl groups excluding tert-OH is 1. The molecule has 0 aliphatic heterocycles. The predicted molar refractivity (Wildman–Crippen MR) is 91.3 cm³/mol. The van der Waals surface area contributed by atoms with E-state index in [4.69, 9.17) is 28.3 Å². The second kappa shape index (κ2) is 8.55. The molecule has 1 aromatic rings. The predicted octanol–water partition coefficient (Wildman–Crippen LogP) is 2.97. The molecule has 24 heavy (non-hydrogen) atoms. The van der Waals surface area contributed by atoms with E-state index in [1.54, 1.807) is 18.2 Å². The minimum Gasteiger partial charge on any atom is -0.481 e. The van der Waals surface area contributed by atoms with E-state index in [9.17, 15) is 14.7 Å². The van der Waals surface area contributed by atoms with Gasteiger partial charge in [-0.25, -0.2) is 4.79 Å². The number of benzene rings is 1. The molecule has 1 fully saturated rings. The van der Waals surface area contributed by atoms with Gasteiger partial charge in [-0.1, -0.05) is 29.3 Å². The zero-order chi connectivity index (χ0) is 17.7. The van der Waals surface area contributed by atoms with Crippen LogP contribution in [0.25, 0.3) is 0 Å². The van der Waals surface area contributed by atoms with Crippen molar-refractivity contribution >= 4 is 35.2 Å². The Morgan fingerprint density at radius 2 is 1.75 bits per heavy atom. The van der Waals surface area contributed by atoms with E-state index in [2.05, 4.69) is 10.6 Å². The van der Waals surface area contributed by atoms with Crippen LogP contribution in [-0.2, 0) is 4.79 Å². The highest BCUT2D eigenvalue weighted by Crippen LogP contribution is 2.30. The van der Waals surface area contributed by atoms with Gasteiger partial charge in [0, 0.05) is 28.2 Å². The average Bonchev–Trinajstić information content (AvgIpc) is 2.53. The summed E-state index contributed by atoms with van der Waals surface area (Å²) in [6.07, 6.45) is 1.35. The molecule has 1 aliphatic carbocycles. The second-order valence-corrected chi connectivity index (χ2v) is 6.71. The van der Waals surface area contributed by atoms with Crippen LogP contribution in [0.4, 0.5) is 4.79 Å². The fraction of sp³-hybridized carbons (Fsp3) is 0.500. The van der Waals surface area contributed by atoms with E-state index in [1.807, 2.05) is 0 Å². The van der Waals surface area contributed by atoms with Crippen molar-refractivity contribution in [3.63, 3.8) is 0 Å². The van der Waals surface area contributed by atoms with Gasteiger partial charge in [0.2, 0.25) is 0 Å². The number of halogens is 2. The first-order chi connectivity index (χ1) is 11.4. The summed E-state index contributed by atoms with van der Waals surface area (Å²) >= 11 is 12.0. The number of carbonyl (C=O) groups excluding carboxylic acids is 1. The lowest BCUT2D eigenvalue weighted by molar-refractivity contribution is -0.142. The molecule has 1 unspecified atom stereocenters. The molecule has 0 bridgehead atoms. The summed E-state index contributed by atoms with van der Waals surface area (Å²) in [5, 5.41) is 25.2. The highest BCUT2D eigenvalue weighted by molar-refractivity contribution is 6.36. The van der Waals surface area contributed by atoms with E-state index in [-0.39, 0.29) is 18.5 Å². The third-order valence-electron chi connectivity index (χ3n) is 4.20. The first-order valence-corrected chi connectivity index (χ1v) is 8.53. The van der Waals surface area contributed by atoms with Gasteiger partial charge < -0.3 is 20.8 Å². The molecule has 1 atom stereocenters. The molecular weight excluding hydrogens is 355 g/mol. The van der Waals surface area contributed by atoms with E-state index < -0.39 is 18.1 Å². The molecule has 0 aromatic heterocycles. The lowest BCUT2D eigenvalue weighted by Gasteiger charge is -2.27. The molecular formula is C16H20Cl2N2O4. The summed E-state index contributed by atoms with van der Waals surface area (Å²) in [5.74, 6) is -1.10. The number of aliphatic carboxylic acids is 1. The number of nitrogens with one attached hydrogen (secondary N) is 2. The fourth-order valence-electron chi connectivity index (χ4n) is 2.84. The number of carbonyl (C=O) groups is 2. The summed E-state index contributed by atoms with van der Waals surface area (Å²) in [7, 11) is 0. The van der Waals surface area contributed by atoms with E-state index in [1.165, 1.54) is 0 Å². The number of urea groups is 1. The zero-order valence-electron chi connectivity index (χ0n) is 13.0. The van der Waals surface area contributed by atoms with Gasteiger partial charge in [-0.15, -0.1) is 0 Å². The normalized spacial score (nSPS) is 21.8. The summed E-state index contributed by atoms with van der Waals surface area (Å²) in [5.41, 5.74) is 0.378. The monoisotopic (exact) mass is 374 g/mol. The van der Waals surface area contributed by atoms with Crippen LogP contribution in [0.1, 0.15) is 37.4 Å². The quantitative estimate of drug-likeness (QED) is 0.636. The van der Waals surface area contributed by atoms with Gasteiger partial charge in [0.15, 0.2) is 0 Å². The van der Waals surface area contributed by atoms with Crippen molar-refractivity contribution in [2.24, 2.45) is 5.92 Å². The van der Waals surface area contributed by atoms with E-state index in [0.29, 0.717) is 41.3 Å². The van der Waals surface area contributed by atoms with Crippen LogP contribution < -0.4 is 10.6 Å². The molecule has 132 valence electrons. The van der Waals surface area contributed by atoms with Gasteiger partial charge in [0.25, 0.3) is 0 Å². The molecule has 0 saturated heterocycles. The Balaban J connectivity index is 1.78. The minimum absolute atomic E-state index is 0.0280. The largest absolute Gasteiger partial charge is 0.481 e. The Morgan fingerprint density at radius 3 is 2.29 bits per heavy atom. The van der Waals surface area contributed by atoms with Crippen LogP contribution in [0.15, 0.2) is 18.2 Å². The molecule has 0 heterocycles. The lowest BCUT2D eigenvalue weighted by Crippen LogP contribution is -2.45. The number of aliphatic hydroxyl groups is 1. The van der Waals surface area contributed by atoms with Crippen LogP contribution in [0.5, 0.6) is 0 Å². The Morgan fingerprint density at radius 1 is 1.17 bits per heavy atom. The van der Waals surface area contributed by atoms with Crippen molar-refractivity contribution in [1.82, 2.24) is 10.6 Å². The smallest absolute Gasteiger partial charge is 0.315 e. The first-order valence-electron chi connectivity index (χ1n) is 7.77. The highest BCUT2D eigenvalue weighted by atomic mass is 35.5. The molecule has 2 amide bonds. The molecule has 8 heteroatoms. The van der Waals surface area contributed by atoms with E-state index >= 15 is 0 Å².